The predicted molar refractivity (Wildman–Crippen MR) is 70.9 cm³/mol. The first-order valence-corrected chi connectivity index (χ1v) is 6.32. The van der Waals surface area contributed by atoms with Gasteiger partial charge < -0.3 is 14.8 Å². The Bertz CT molecular complexity index is 396. The number of amides is 1. The molecule has 0 unspecified atom stereocenters. The first kappa shape index (κ1) is 15.4. The SMILES string of the molecule is CC(C)c1ccc(F)cc1OCCOCCNC=O. The topological polar surface area (TPSA) is 47.6 Å². The van der Waals surface area contributed by atoms with Crippen molar-refractivity contribution in [3.8, 4) is 5.75 Å². The number of benzene rings is 1. The molecule has 0 aliphatic heterocycles. The average molecular weight is 269 g/mol. The van der Waals surface area contributed by atoms with Crippen LogP contribution in [0.4, 0.5) is 4.39 Å². The second-order valence-electron chi connectivity index (χ2n) is 4.37. The lowest BCUT2D eigenvalue weighted by Crippen LogP contribution is -2.19. The Labute approximate surface area is 112 Å². The predicted octanol–water partition coefficient (Wildman–Crippen LogP) is 2.09. The van der Waals surface area contributed by atoms with Crippen molar-refractivity contribution in [1.29, 1.82) is 0 Å². The summed E-state index contributed by atoms with van der Waals surface area (Å²) in [6.45, 7) is 5.71. The molecule has 1 aromatic carbocycles. The Morgan fingerprint density at radius 3 is 2.79 bits per heavy atom. The quantitative estimate of drug-likeness (QED) is 0.551. The van der Waals surface area contributed by atoms with Crippen LogP contribution >= 0.6 is 0 Å². The van der Waals surface area contributed by atoms with Gasteiger partial charge in [0, 0.05) is 12.6 Å². The lowest BCUT2D eigenvalue weighted by atomic mass is 10.0. The van der Waals surface area contributed by atoms with Crippen LogP contribution in [0.25, 0.3) is 0 Å². The van der Waals surface area contributed by atoms with Crippen LogP contribution in [-0.2, 0) is 9.53 Å². The first-order chi connectivity index (χ1) is 9.15. The summed E-state index contributed by atoms with van der Waals surface area (Å²) >= 11 is 0. The molecular formula is C14H20FNO3. The second-order valence-corrected chi connectivity index (χ2v) is 4.37. The monoisotopic (exact) mass is 269 g/mol. The zero-order valence-electron chi connectivity index (χ0n) is 11.3. The van der Waals surface area contributed by atoms with Crippen molar-refractivity contribution in [2.75, 3.05) is 26.4 Å². The number of ether oxygens (including phenoxy) is 2. The van der Waals surface area contributed by atoms with Crippen LogP contribution in [0.1, 0.15) is 25.3 Å². The number of carbonyl (C=O) groups is 1. The summed E-state index contributed by atoms with van der Waals surface area (Å²) in [5.74, 6) is 0.522. The van der Waals surface area contributed by atoms with Gasteiger partial charge in [0.1, 0.15) is 18.2 Å². The number of hydrogen-bond acceptors (Lipinski definition) is 3. The zero-order valence-corrected chi connectivity index (χ0v) is 11.3. The van der Waals surface area contributed by atoms with E-state index in [0.717, 1.165) is 5.56 Å². The minimum Gasteiger partial charge on any atom is -0.491 e. The molecule has 1 rings (SSSR count). The maximum Gasteiger partial charge on any atom is 0.207 e. The van der Waals surface area contributed by atoms with Crippen LogP contribution in [-0.4, -0.2) is 32.8 Å². The molecule has 4 nitrogen and oxygen atoms in total. The van der Waals surface area contributed by atoms with Gasteiger partial charge >= 0.3 is 0 Å². The summed E-state index contributed by atoms with van der Waals surface area (Å²) in [7, 11) is 0. The molecule has 0 bridgehead atoms. The second kappa shape index (κ2) is 8.48. The van der Waals surface area contributed by atoms with Gasteiger partial charge in [-0.15, -0.1) is 0 Å². The largest absolute Gasteiger partial charge is 0.491 e. The van der Waals surface area contributed by atoms with Crippen molar-refractivity contribution in [2.45, 2.75) is 19.8 Å². The molecule has 0 saturated heterocycles. The van der Waals surface area contributed by atoms with Crippen molar-refractivity contribution in [3.63, 3.8) is 0 Å². The fraction of sp³-hybridized carbons (Fsp3) is 0.500. The van der Waals surface area contributed by atoms with Crippen LogP contribution in [0.2, 0.25) is 0 Å². The van der Waals surface area contributed by atoms with Crippen molar-refractivity contribution in [3.05, 3.63) is 29.6 Å². The summed E-state index contributed by atoms with van der Waals surface area (Å²) in [6, 6.07) is 4.57. The third kappa shape index (κ3) is 5.70. The molecule has 0 radical (unpaired) electrons. The molecule has 1 amide bonds. The van der Waals surface area contributed by atoms with E-state index < -0.39 is 0 Å². The fourth-order valence-electron chi connectivity index (χ4n) is 1.61. The Balaban J connectivity index is 2.36. The summed E-state index contributed by atoms with van der Waals surface area (Å²) in [5, 5.41) is 2.49. The van der Waals surface area contributed by atoms with Crippen LogP contribution in [0, 0.1) is 5.82 Å². The molecule has 106 valence electrons. The smallest absolute Gasteiger partial charge is 0.207 e. The summed E-state index contributed by atoms with van der Waals surface area (Å²) in [5.41, 5.74) is 0.976. The molecule has 0 aliphatic rings. The first-order valence-electron chi connectivity index (χ1n) is 6.32. The average Bonchev–Trinajstić information content (AvgIpc) is 2.37. The molecule has 1 aromatic rings. The molecule has 0 atom stereocenters. The van der Waals surface area contributed by atoms with Gasteiger partial charge in [-0.2, -0.15) is 0 Å². The van der Waals surface area contributed by atoms with Crippen LogP contribution in [0.3, 0.4) is 0 Å². The standard InChI is InChI=1S/C14H20FNO3/c1-11(2)13-4-3-12(15)9-14(13)19-8-7-18-6-5-16-10-17/h3-4,9-11H,5-8H2,1-2H3,(H,16,17). The third-order valence-corrected chi connectivity index (χ3v) is 2.56. The Morgan fingerprint density at radius 2 is 2.11 bits per heavy atom. The molecule has 19 heavy (non-hydrogen) atoms. The summed E-state index contributed by atoms with van der Waals surface area (Å²) in [6.07, 6.45) is 0.627. The van der Waals surface area contributed by atoms with E-state index in [1.807, 2.05) is 13.8 Å². The van der Waals surface area contributed by atoms with Gasteiger partial charge in [-0.1, -0.05) is 19.9 Å². The van der Waals surface area contributed by atoms with E-state index in [2.05, 4.69) is 5.32 Å². The lowest BCUT2D eigenvalue weighted by Gasteiger charge is -2.14. The molecule has 0 heterocycles. The van der Waals surface area contributed by atoms with Crippen molar-refractivity contribution in [2.24, 2.45) is 0 Å². The Hall–Kier alpha value is -1.62. The van der Waals surface area contributed by atoms with Gasteiger partial charge in [0.15, 0.2) is 0 Å². The van der Waals surface area contributed by atoms with Crippen LogP contribution in [0.15, 0.2) is 18.2 Å². The highest BCUT2D eigenvalue weighted by Crippen LogP contribution is 2.27. The Kier molecular flexibility index (Phi) is 6.89. The van der Waals surface area contributed by atoms with E-state index >= 15 is 0 Å². The van der Waals surface area contributed by atoms with E-state index in [0.29, 0.717) is 38.5 Å². The lowest BCUT2D eigenvalue weighted by molar-refractivity contribution is -0.109. The summed E-state index contributed by atoms with van der Waals surface area (Å²) < 4.78 is 24.0. The number of halogens is 1. The number of hydrogen-bond donors (Lipinski definition) is 1. The van der Waals surface area contributed by atoms with Crippen LogP contribution in [0.5, 0.6) is 5.75 Å². The zero-order chi connectivity index (χ0) is 14.1. The van der Waals surface area contributed by atoms with Crippen molar-refractivity contribution in [1.82, 2.24) is 5.32 Å². The molecule has 0 aromatic heterocycles. The minimum absolute atomic E-state index is 0.272. The number of carbonyl (C=O) groups excluding carboxylic acids is 1. The summed E-state index contributed by atoms with van der Waals surface area (Å²) in [4.78, 5) is 9.99. The van der Waals surface area contributed by atoms with Gasteiger partial charge in [0.05, 0.1) is 13.2 Å². The molecule has 1 N–H and O–H groups in total. The van der Waals surface area contributed by atoms with Gasteiger partial charge in [-0.25, -0.2) is 4.39 Å². The van der Waals surface area contributed by atoms with E-state index in [4.69, 9.17) is 9.47 Å². The van der Waals surface area contributed by atoms with Crippen molar-refractivity contribution < 1.29 is 18.7 Å². The highest BCUT2D eigenvalue weighted by molar-refractivity contribution is 5.45. The van der Waals surface area contributed by atoms with Gasteiger partial charge in [0.25, 0.3) is 0 Å². The normalized spacial score (nSPS) is 10.5. The van der Waals surface area contributed by atoms with Gasteiger partial charge in [-0.05, 0) is 17.5 Å². The molecule has 0 saturated carbocycles. The highest BCUT2D eigenvalue weighted by Gasteiger charge is 2.08. The van der Waals surface area contributed by atoms with Crippen molar-refractivity contribution >= 4 is 6.41 Å². The molecule has 0 spiro atoms. The maximum atomic E-state index is 13.2. The van der Waals surface area contributed by atoms with E-state index in [-0.39, 0.29) is 11.7 Å². The third-order valence-electron chi connectivity index (χ3n) is 2.56. The van der Waals surface area contributed by atoms with E-state index in [1.165, 1.54) is 12.1 Å². The number of rotatable bonds is 9. The molecular weight excluding hydrogens is 249 g/mol. The van der Waals surface area contributed by atoms with E-state index in [9.17, 15) is 9.18 Å². The van der Waals surface area contributed by atoms with E-state index in [1.54, 1.807) is 6.07 Å². The maximum absolute atomic E-state index is 13.2. The Morgan fingerprint density at radius 1 is 1.32 bits per heavy atom. The van der Waals surface area contributed by atoms with Crippen LogP contribution < -0.4 is 10.1 Å². The molecule has 0 fully saturated rings. The minimum atomic E-state index is -0.310. The van der Waals surface area contributed by atoms with Gasteiger partial charge in [-0.3, -0.25) is 4.79 Å². The molecule has 5 heteroatoms. The fourth-order valence-corrected chi connectivity index (χ4v) is 1.61. The van der Waals surface area contributed by atoms with Gasteiger partial charge in [0.2, 0.25) is 6.41 Å². The number of nitrogens with one attached hydrogen (secondary N) is 1. The molecule has 0 aliphatic carbocycles. The highest BCUT2D eigenvalue weighted by atomic mass is 19.1.